The number of ketones is 1. The molecule has 64 heavy (non-hydrogen) atoms. The van der Waals surface area contributed by atoms with E-state index in [1.807, 2.05) is 60.4 Å². The summed E-state index contributed by atoms with van der Waals surface area (Å²) in [6.45, 7) is 12.0. The zero-order valence-corrected chi connectivity index (χ0v) is 39.1. The van der Waals surface area contributed by atoms with Crippen molar-refractivity contribution in [2.24, 2.45) is 10.9 Å². The lowest BCUT2D eigenvalue weighted by Gasteiger charge is -2.37. The molecule has 3 aromatic rings. The lowest BCUT2D eigenvalue weighted by Crippen LogP contribution is -2.35. The van der Waals surface area contributed by atoms with Gasteiger partial charge in [0, 0.05) is 75.4 Å². The number of nitrogens with zero attached hydrogens (tertiary/aromatic N) is 4. The fourth-order valence-corrected chi connectivity index (χ4v) is 10.5. The van der Waals surface area contributed by atoms with Gasteiger partial charge in [0.05, 0.1) is 23.9 Å². The Morgan fingerprint density at radius 2 is 1.64 bits per heavy atom. The van der Waals surface area contributed by atoms with E-state index in [1.165, 1.54) is 29.3 Å². The molecule has 0 aliphatic carbocycles. The summed E-state index contributed by atoms with van der Waals surface area (Å²) in [6.07, 6.45) is 12.6. The van der Waals surface area contributed by atoms with Crippen LogP contribution in [-0.4, -0.2) is 75.7 Å². The molecule has 2 N–H and O–H groups in total. The van der Waals surface area contributed by atoms with Gasteiger partial charge < -0.3 is 19.5 Å². The Morgan fingerprint density at radius 1 is 0.969 bits per heavy atom. The molecule has 344 valence electrons. The second kappa shape index (κ2) is 25.4. The van der Waals surface area contributed by atoms with Crippen LogP contribution in [0.15, 0.2) is 75.4 Å². The van der Waals surface area contributed by atoms with E-state index >= 15 is 0 Å². The third-order valence-electron chi connectivity index (χ3n) is 11.4. The normalized spacial score (nSPS) is 17.8. The van der Waals surface area contributed by atoms with Crippen molar-refractivity contribution in [3.63, 3.8) is 0 Å². The lowest BCUT2D eigenvalue weighted by molar-refractivity contribution is -0.120. The minimum absolute atomic E-state index is 0.0110. The van der Waals surface area contributed by atoms with E-state index in [-0.39, 0.29) is 48.1 Å². The van der Waals surface area contributed by atoms with E-state index in [0.717, 1.165) is 54.5 Å². The number of unbranched alkanes of at least 4 members (excludes halogenated alkanes) is 5. The maximum atomic E-state index is 13.4. The second-order valence-electron chi connectivity index (χ2n) is 17.0. The van der Waals surface area contributed by atoms with Crippen LogP contribution in [0.1, 0.15) is 142 Å². The topological polar surface area (TPSA) is 155 Å². The molecule has 14 heteroatoms. The third-order valence-corrected chi connectivity index (χ3v) is 14.0. The number of rotatable bonds is 24. The standard InChI is InChI=1S/C50H67N6O7P/c1-7-51-35-62-64(56(36(2)3)37(4)5)34-43-31-48(63-38(43)6)55-33-42(49(60)53-50(55)61)28-29-46(58)52-30-18-10-8-9-11-22-44(57)23-15-17-25-47(59)54-32-41-21-13-12-19-39(41)26-27-40-20-14-16-24-45(40)54/h12-14,16,19-21,24,28-29,33,35-38,43,48H,7-11,15,17-18,22-23,25,30-32,34H2,1-6H3,(H,52,58)(H,53,60,61)/b29-28+,51-35?/t38-,43?,48-,64?/m1/s1/i6D. The van der Waals surface area contributed by atoms with Gasteiger partial charge >= 0.3 is 5.69 Å². The summed E-state index contributed by atoms with van der Waals surface area (Å²) in [6, 6.07) is 16.1. The number of fused-ring (bicyclic) bond motifs is 2. The van der Waals surface area contributed by atoms with E-state index in [1.54, 1.807) is 0 Å². The molecule has 13 nitrogen and oxygen atoms in total. The minimum Gasteiger partial charge on any atom is -0.447 e. The Balaban J connectivity index is 0.986. The van der Waals surface area contributed by atoms with Crippen molar-refractivity contribution in [1.82, 2.24) is 19.5 Å². The molecule has 2 amide bonds. The minimum atomic E-state index is -1.11. The number of Topliss-reactive ketones (excluding diaryl/α,β-unsaturated/α-hetero) is 1. The number of aromatic nitrogens is 2. The van der Waals surface area contributed by atoms with Gasteiger partial charge in [0.1, 0.15) is 12.0 Å². The Kier molecular flexibility index (Phi) is 19.1. The van der Waals surface area contributed by atoms with Gasteiger partial charge in [-0.15, -0.1) is 0 Å². The average Bonchev–Trinajstić information content (AvgIpc) is 3.68. The number of nitrogens with one attached hydrogen (secondary N) is 2. The van der Waals surface area contributed by atoms with Crippen molar-refractivity contribution < 1.29 is 25.0 Å². The number of H-pyrrole nitrogens is 1. The van der Waals surface area contributed by atoms with E-state index in [0.29, 0.717) is 64.3 Å². The van der Waals surface area contributed by atoms with Gasteiger partial charge in [-0.1, -0.05) is 61.4 Å². The molecule has 2 aliphatic rings. The fourth-order valence-electron chi connectivity index (χ4n) is 8.13. The summed E-state index contributed by atoms with van der Waals surface area (Å²) in [5, 5.41) is 2.85. The van der Waals surface area contributed by atoms with Gasteiger partial charge in [-0.2, -0.15) is 0 Å². The summed E-state index contributed by atoms with van der Waals surface area (Å²) in [5.41, 5.74) is 2.51. The van der Waals surface area contributed by atoms with Crippen molar-refractivity contribution in [2.75, 3.05) is 24.2 Å². The number of aliphatic imine (C=N–C) groups is 1. The smallest absolute Gasteiger partial charge is 0.330 e. The lowest BCUT2D eigenvalue weighted by atomic mass is 10.0. The van der Waals surface area contributed by atoms with Crippen LogP contribution in [0.5, 0.6) is 0 Å². The van der Waals surface area contributed by atoms with Crippen LogP contribution in [0.4, 0.5) is 5.69 Å². The number of carbonyl (C=O) groups excluding carboxylic acids is 3. The van der Waals surface area contributed by atoms with Crippen LogP contribution in [0, 0.1) is 17.8 Å². The Morgan fingerprint density at radius 3 is 2.39 bits per heavy atom. The van der Waals surface area contributed by atoms with Crippen LogP contribution < -0.4 is 21.5 Å². The average molecular weight is 896 g/mol. The van der Waals surface area contributed by atoms with Gasteiger partial charge in [0.2, 0.25) is 11.8 Å². The highest BCUT2D eigenvalue weighted by atomic mass is 31.2. The highest BCUT2D eigenvalue weighted by Gasteiger charge is 2.38. The van der Waals surface area contributed by atoms with Gasteiger partial charge in [0.25, 0.3) is 5.56 Å². The SMILES string of the molecule is [2H]C[C@H]1O[C@@H](n2cc(/C=C/C(=O)NCCCCCCCC(=O)CCCCC(=O)N3Cc4ccccc4C#Cc4ccccc43)c(=O)[nH]c2=O)CC1CP(OC=NCC)N(C(C)C)C(C)C. The van der Waals surface area contributed by atoms with E-state index in [4.69, 9.17) is 10.6 Å². The van der Waals surface area contributed by atoms with Crippen LogP contribution in [0.3, 0.4) is 0 Å². The first-order valence-electron chi connectivity index (χ1n) is 23.6. The molecule has 1 aromatic heterocycles. The zero-order chi connectivity index (χ0) is 46.7. The van der Waals surface area contributed by atoms with Gasteiger partial charge in [-0.05, 0) is 109 Å². The number of aromatic amines is 1. The van der Waals surface area contributed by atoms with Crippen LogP contribution in [-0.2, 0) is 30.2 Å². The third kappa shape index (κ3) is 14.7. The molecule has 1 fully saturated rings. The van der Waals surface area contributed by atoms with E-state index < -0.39 is 31.9 Å². The molecule has 0 saturated carbocycles. The fraction of sp³-hybridized carbons (Fsp3) is 0.520. The van der Waals surface area contributed by atoms with Crippen molar-refractivity contribution in [3.05, 3.63) is 104 Å². The van der Waals surface area contributed by atoms with Crippen molar-refractivity contribution >= 4 is 44.1 Å². The number of hydrogen-bond donors (Lipinski definition) is 2. The molecule has 2 aliphatic heterocycles. The van der Waals surface area contributed by atoms with Gasteiger partial charge in [0.15, 0.2) is 14.7 Å². The van der Waals surface area contributed by atoms with Crippen molar-refractivity contribution in [2.45, 2.75) is 143 Å². The number of benzene rings is 2. The van der Waals surface area contributed by atoms with Crippen LogP contribution >= 0.6 is 8.30 Å². The molecule has 0 spiro atoms. The maximum Gasteiger partial charge on any atom is 0.330 e. The van der Waals surface area contributed by atoms with Crippen LogP contribution in [0.25, 0.3) is 6.08 Å². The number of hydrogen-bond acceptors (Lipinski definition) is 9. The predicted molar refractivity (Wildman–Crippen MR) is 256 cm³/mol. The van der Waals surface area contributed by atoms with E-state index in [2.05, 4.69) is 59.5 Å². The molecule has 2 aromatic carbocycles. The van der Waals surface area contributed by atoms with Crippen molar-refractivity contribution in [1.29, 1.82) is 0 Å². The Hall–Kier alpha value is -5.15. The first kappa shape index (κ1) is 48.3. The summed E-state index contributed by atoms with van der Waals surface area (Å²) in [5.74, 6) is 6.30. The van der Waals surface area contributed by atoms with Crippen LogP contribution in [0.2, 0.25) is 0 Å². The second-order valence-corrected chi connectivity index (χ2v) is 18.7. The molecule has 0 radical (unpaired) electrons. The molecule has 5 rings (SSSR count). The van der Waals surface area contributed by atoms with Gasteiger partial charge in [-0.25, -0.2) is 9.46 Å². The number of anilines is 1. The quantitative estimate of drug-likeness (QED) is 0.0227. The summed E-state index contributed by atoms with van der Waals surface area (Å²) in [4.78, 5) is 72.9. The largest absolute Gasteiger partial charge is 0.447 e. The summed E-state index contributed by atoms with van der Waals surface area (Å²) in [7, 11) is -1.11. The van der Waals surface area contributed by atoms with E-state index in [9.17, 15) is 24.0 Å². The predicted octanol–water partition coefficient (Wildman–Crippen LogP) is 8.50. The molecule has 3 heterocycles. The molecule has 2 unspecified atom stereocenters. The molecule has 1 saturated heterocycles. The number of amides is 2. The first-order valence-corrected chi connectivity index (χ1v) is 24.3. The van der Waals surface area contributed by atoms with Gasteiger partial charge in [-0.3, -0.25) is 33.7 Å². The maximum absolute atomic E-state index is 13.4. The summed E-state index contributed by atoms with van der Waals surface area (Å²) < 4.78 is 24.3. The number of para-hydroxylation sites is 1. The Labute approximate surface area is 381 Å². The first-order chi connectivity index (χ1) is 31.4. The van der Waals surface area contributed by atoms with Crippen molar-refractivity contribution in [3.8, 4) is 11.8 Å². The zero-order valence-electron chi connectivity index (χ0n) is 39.2. The molecular weight excluding hydrogens is 828 g/mol. The highest BCUT2D eigenvalue weighted by molar-refractivity contribution is 7.50. The Bertz CT molecular complexity index is 2290. The molecular formula is C50H67N6O7P. The molecule has 4 atom stereocenters. The highest BCUT2D eigenvalue weighted by Crippen LogP contribution is 2.49. The monoisotopic (exact) mass is 895 g/mol. The number of ether oxygens (including phenoxy) is 1. The molecule has 0 bridgehead atoms. The summed E-state index contributed by atoms with van der Waals surface area (Å²) >= 11 is 0. The number of carbonyl (C=O) groups is 3.